The van der Waals surface area contributed by atoms with Gasteiger partial charge in [-0.2, -0.15) is 0 Å². The van der Waals surface area contributed by atoms with Gasteiger partial charge in [-0.15, -0.1) is 11.6 Å². The van der Waals surface area contributed by atoms with Crippen LogP contribution in [0.4, 0.5) is 0 Å². The summed E-state index contributed by atoms with van der Waals surface area (Å²) in [6.07, 6.45) is -15.7. The maximum absolute atomic E-state index is 14.1. The van der Waals surface area contributed by atoms with Crippen molar-refractivity contribution < 1.29 is 76.1 Å². The summed E-state index contributed by atoms with van der Waals surface area (Å²) >= 11 is 6.01. The lowest BCUT2D eigenvalue weighted by Crippen LogP contribution is -2.68. The van der Waals surface area contributed by atoms with Gasteiger partial charge in [0.05, 0.1) is 28.9 Å². The van der Waals surface area contributed by atoms with Crippen molar-refractivity contribution >= 4 is 41.4 Å². The number of alkyl halides is 1. The Hall–Kier alpha value is -6.50. The Morgan fingerprint density at radius 3 is 1.48 bits per heavy atom. The molecular weight excluding hydrogens is 892 g/mol. The van der Waals surface area contributed by atoms with E-state index in [1.165, 1.54) is 43.5 Å². The number of hydrogen-bond acceptors (Lipinski definition) is 16. The average molecular weight is 937 g/mol. The first kappa shape index (κ1) is 47.0. The van der Waals surface area contributed by atoms with E-state index >= 15 is 0 Å². The monoisotopic (exact) mass is 936 g/mol. The first-order chi connectivity index (χ1) is 32.7. The number of carbonyl (C=O) groups excluding carboxylic acids is 5. The Bertz CT molecular complexity index is 2430. The normalized spacial score (nSPS) is 26.7. The second-order valence-electron chi connectivity index (χ2n) is 15.4. The highest BCUT2D eigenvalue weighted by atomic mass is 35.5. The van der Waals surface area contributed by atoms with Crippen LogP contribution in [0.2, 0.25) is 0 Å². The predicted molar refractivity (Wildman–Crippen MR) is 233 cm³/mol. The quantitative estimate of drug-likeness (QED) is 0.0649. The third kappa shape index (κ3) is 11.4. The highest BCUT2D eigenvalue weighted by molar-refractivity contribution is 6.26. The first-order valence-corrected chi connectivity index (χ1v) is 21.8. The zero-order valence-corrected chi connectivity index (χ0v) is 36.6. The zero-order valence-electron chi connectivity index (χ0n) is 35.8. The molecule has 3 heterocycles. The highest BCUT2D eigenvalue weighted by Gasteiger charge is 2.58. The minimum absolute atomic E-state index is 0.117. The molecule has 0 spiro atoms. The van der Waals surface area contributed by atoms with Gasteiger partial charge >= 0.3 is 29.8 Å². The molecule has 0 radical (unpaired) electrons. The summed E-state index contributed by atoms with van der Waals surface area (Å²) < 4.78 is 68.3. The Morgan fingerprint density at radius 1 is 0.522 bits per heavy atom. The Labute approximate surface area is 389 Å². The van der Waals surface area contributed by atoms with Gasteiger partial charge in [-0.05, 0) is 48.5 Å². The molecule has 3 aliphatic heterocycles. The van der Waals surface area contributed by atoms with Gasteiger partial charge < -0.3 is 52.1 Å². The number of rotatable bonds is 15. The van der Waals surface area contributed by atoms with E-state index in [0.717, 1.165) is 0 Å². The van der Waals surface area contributed by atoms with Gasteiger partial charge in [0, 0.05) is 12.7 Å². The second-order valence-corrected chi connectivity index (χ2v) is 15.6. The van der Waals surface area contributed by atoms with Crippen LogP contribution in [0.25, 0.3) is 0 Å². The number of benzene rings is 5. The lowest BCUT2D eigenvalue weighted by atomic mass is 9.95. The molecule has 0 aliphatic carbocycles. The van der Waals surface area contributed by atoms with Gasteiger partial charge in [0.2, 0.25) is 0 Å². The standard InChI is InChI=1S/C50H45ClO16/c1-57-49-42(64-46(55)32-21-11-4-12-22-32)41(63-45(54)31-19-9-3-10-20-31)39(35(60-49)28-58-44(53)30-17-7-2-8-18-30)67-50-43(65-47(56)33-23-13-5-14-24-33)40(62-37(52)27-51)38-36(61-50)29-59-48(66-38)34-25-15-6-16-26-34/h2-26,35-36,38-43,48-50H,27-29H2,1H3/t35-,36-,38+,39-,40+,41+,42-,43-,48-,49-,50+/m1/s1. The highest BCUT2D eigenvalue weighted by Crippen LogP contribution is 2.40. The molecule has 3 aliphatic rings. The molecule has 3 fully saturated rings. The van der Waals surface area contributed by atoms with Gasteiger partial charge in [-0.1, -0.05) is 103 Å². The fourth-order valence-electron chi connectivity index (χ4n) is 7.77. The smallest absolute Gasteiger partial charge is 0.338 e. The van der Waals surface area contributed by atoms with E-state index in [9.17, 15) is 24.0 Å². The number of hydrogen-bond donors (Lipinski definition) is 0. The molecule has 16 nitrogen and oxygen atoms in total. The molecule has 348 valence electrons. The van der Waals surface area contributed by atoms with E-state index in [-0.39, 0.29) is 28.9 Å². The van der Waals surface area contributed by atoms with Crippen molar-refractivity contribution in [3.05, 3.63) is 179 Å². The van der Waals surface area contributed by atoms with E-state index in [1.54, 1.807) is 109 Å². The molecule has 0 N–H and O–H groups in total. The fraction of sp³-hybridized carbons (Fsp3) is 0.300. The van der Waals surface area contributed by atoms with Gasteiger partial charge in [-0.25, -0.2) is 19.2 Å². The van der Waals surface area contributed by atoms with E-state index in [1.807, 2.05) is 6.07 Å². The van der Waals surface area contributed by atoms with Crippen LogP contribution in [-0.4, -0.2) is 117 Å². The van der Waals surface area contributed by atoms with Crippen LogP contribution in [0.1, 0.15) is 53.3 Å². The fourth-order valence-corrected chi connectivity index (χ4v) is 7.84. The van der Waals surface area contributed by atoms with Crippen LogP contribution in [0.15, 0.2) is 152 Å². The van der Waals surface area contributed by atoms with Crippen molar-refractivity contribution in [3.63, 3.8) is 0 Å². The lowest BCUT2D eigenvalue weighted by Gasteiger charge is -2.50. The molecule has 0 saturated carbocycles. The van der Waals surface area contributed by atoms with Crippen LogP contribution in [0.5, 0.6) is 0 Å². The summed E-state index contributed by atoms with van der Waals surface area (Å²) in [5.74, 6) is -4.80. The molecule has 3 saturated heterocycles. The summed E-state index contributed by atoms with van der Waals surface area (Å²) in [4.78, 5) is 68.7. The van der Waals surface area contributed by atoms with E-state index in [4.69, 9.17) is 63.7 Å². The number of fused-ring (bicyclic) bond motifs is 1. The lowest BCUT2D eigenvalue weighted by molar-refractivity contribution is -0.383. The average Bonchev–Trinajstić information content (AvgIpc) is 3.38. The number of carbonyl (C=O) groups is 5. The van der Waals surface area contributed by atoms with E-state index in [2.05, 4.69) is 0 Å². The molecule has 11 atom stereocenters. The molecule has 0 bridgehead atoms. The summed E-state index contributed by atoms with van der Waals surface area (Å²) in [5, 5.41) is 0. The third-order valence-corrected chi connectivity index (χ3v) is 11.2. The zero-order chi connectivity index (χ0) is 46.7. The SMILES string of the molecule is CO[C@@H]1O[C@H](COC(=O)c2ccccc2)[C@@H](O[C@@H]2O[C@@H]3CO[C@@H](c4ccccc4)O[C@@H]3[C@H](OC(=O)CCl)[C@H]2OC(=O)c2ccccc2)[C@H](OC(=O)c2ccccc2)[C@H]1OC(=O)c1ccccc1. The minimum Gasteiger partial charge on any atom is -0.459 e. The maximum Gasteiger partial charge on any atom is 0.338 e. The first-order valence-electron chi connectivity index (χ1n) is 21.3. The Morgan fingerprint density at radius 2 is 0.985 bits per heavy atom. The molecular formula is C50H45ClO16. The third-order valence-electron chi connectivity index (χ3n) is 11.0. The van der Waals surface area contributed by atoms with E-state index < -0.39 is 110 Å². The van der Waals surface area contributed by atoms with Crippen molar-refractivity contribution in [3.8, 4) is 0 Å². The van der Waals surface area contributed by atoms with Gasteiger partial charge in [-0.3, -0.25) is 4.79 Å². The number of ether oxygens (including phenoxy) is 11. The molecule has 67 heavy (non-hydrogen) atoms. The van der Waals surface area contributed by atoms with Gasteiger partial charge in [0.15, 0.2) is 43.3 Å². The Balaban J connectivity index is 1.21. The molecule has 5 aromatic carbocycles. The van der Waals surface area contributed by atoms with Crippen LogP contribution in [-0.2, 0) is 56.9 Å². The number of methoxy groups -OCH3 is 1. The molecule has 17 heteroatoms. The van der Waals surface area contributed by atoms with E-state index in [0.29, 0.717) is 5.56 Å². The van der Waals surface area contributed by atoms with Crippen LogP contribution < -0.4 is 0 Å². The summed E-state index contributed by atoms with van der Waals surface area (Å²) in [7, 11) is 1.28. The molecule has 0 aromatic heterocycles. The number of halogens is 1. The molecule has 0 unspecified atom stereocenters. The largest absolute Gasteiger partial charge is 0.459 e. The van der Waals surface area contributed by atoms with Crippen LogP contribution in [0, 0.1) is 0 Å². The van der Waals surface area contributed by atoms with Crippen LogP contribution >= 0.6 is 11.6 Å². The molecule has 0 amide bonds. The minimum atomic E-state index is -1.73. The molecule has 8 rings (SSSR count). The van der Waals surface area contributed by atoms with Crippen molar-refractivity contribution in [2.24, 2.45) is 0 Å². The van der Waals surface area contributed by atoms with Crippen molar-refractivity contribution in [1.29, 1.82) is 0 Å². The summed E-state index contributed by atoms with van der Waals surface area (Å²) in [6.45, 7) is -0.701. The summed E-state index contributed by atoms with van der Waals surface area (Å²) in [5.41, 5.74) is 1.24. The van der Waals surface area contributed by atoms with Crippen molar-refractivity contribution in [1.82, 2.24) is 0 Å². The predicted octanol–water partition coefficient (Wildman–Crippen LogP) is 6.27. The number of esters is 5. The van der Waals surface area contributed by atoms with Crippen molar-refractivity contribution in [2.75, 3.05) is 26.2 Å². The van der Waals surface area contributed by atoms with Gasteiger partial charge in [0.25, 0.3) is 0 Å². The topological polar surface area (TPSA) is 187 Å². The van der Waals surface area contributed by atoms with Gasteiger partial charge in [0.1, 0.15) is 36.9 Å². The Kier molecular flexibility index (Phi) is 15.7. The molecule has 5 aromatic rings. The maximum atomic E-state index is 14.1. The van der Waals surface area contributed by atoms with Crippen LogP contribution in [0.3, 0.4) is 0 Å². The van der Waals surface area contributed by atoms with Crippen molar-refractivity contribution in [2.45, 2.75) is 67.7 Å². The summed E-state index contributed by atoms with van der Waals surface area (Å²) in [6, 6.07) is 41.2. The second kappa shape index (κ2) is 22.3.